The van der Waals surface area contributed by atoms with Crippen LogP contribution in [0.2, 0.25) is 5.02 Å². The molecule has 1 fully saturated rings. The van der Waals surface area contributed by atoms with E-state index in [1.54, 1.807) is 12.1 Å². The van der Waals surface area contributed by atoms with Crippen molar-refractivity contribution in [3.8, 4) is 0 Å². The first kappa shape index (κ1) is 29.6. The summed E-state index contributed by atoms with van der Waals surface area (Å²) < 4.78 is 0. The highest BCUT2D eigenvalue weighted by molar-refractivity contribution is 6.30. The number of rotatable bonds is 8. The van der Waals surface area contributed by atoms with Crippen molar-refractivity contribution in [1.29, 1.82) is 0 Å². The van der Waals surface area contributed by atoms with Crippen LogP contribution in [0.4, 0.5) is 11.4 Å². The number of benzene rings is 3. The maximum absolute atomic E-state index is 13.9. The van der Waals surface area contributed by atoms with Crippen LogP contribution < -0.4 is 20.9 Å². The fraction of sp³-hybridized carbons (Fsp3) is 0.364. The van der Waals surface area contributed by atoms with E-state index in [9.17, 15) is 14.4 Å². The molecule has 3 aromatic rings. The Hall–Kier alpha value is -3.88. The lowest BCUT2D eigenvalue weighted by Crippen LogP contribution is -2.58. The van der Waals surface area contributed by atoms with Crippen LogP contribution in [0.15, 0.2) is 72.8 Å². The molecule has 8 nitrogen and oxygen atoms in total. The number of hydrogen-bond acceptors (Lipinski definition) is 5. The van der Waals surface area contributed by atoms with Gasteiger partial charge in [-0.25, -0.2) is 0 Å². The summed E-state index contributed by atoms with van der Waals surface area (Å²) in [4.78, 5) is 43.7. The third-order valence-electron chi connectivity index (χ3n) is 7.98. The number of anilines is 2. The van der Waals surface area contributed by atoms with Crippen molar-refractivity contribution in [1.82, 2.24) is 15.5 Å². The van der Waals surface area contributed by atoms with Gasteiger partial charge < -0.3 is 25.8 Å². The third kappa shape index (κ3) is 7.12. The van der Waals surface area contributed by atoms with Gasteiger partial charge in [-0.15, -0.1) is 0 Å². The molecule has 2 atom stereocenters. The highest BCUT2D eigenvalue weighted by atomic mass is 35.5. The lowest BCUT2D eigenvalue weighted by molar-refractivity contribution is -0.137. The van der Waals surface area contributed by atoms with Gasteiger partial charge in [-0.3, -0.25) is 14.4 Å². The maximum Gasteiger partial charge on any atom is 0.245 e. The van der Waals surface area contributed by atoms with E-state index in [4.69, 9.17) is 11.6 Å². The number of halogens is 1. The normalized spacial score (nSPS) is 17.4. The average molecular weight is 588 g/mol. The van der Waals surface area contributed by atoms with Crippen LogP contribution in [-0.4, -0.2) is 60.9 Å². The standard InChI is InChI=1S/C33H38ClN5O3/c1-22(2)31(40)36-27-9-5-6-10-30(27)38-15-17-39(18-16-38)33(42)29(19-23-11-13-26(34)14-12-23)37-32(41)28-20-24-7-3-4-8-25(24)21-35-28/h3-14,22,28-29,35H,15-21H2,1-2H3,(H,36,40)(H,37,41). The summed E-state index contributed by atoms with van der Waals surface area (Å²) in [5.41, 5.74) is 4.98. The molecule has 1 saturated heterocycles. The minimum absolute atomic E-state index is 0.0343. The lowest BCUT2D eigenvalue weighted by Gasteiger charge is -2.38. The molecule has 0 bridgehead atoms. The van der Waals surface area contributed by atoms with Crippen molar-refractivity contribution in [2.75, 3.05) is 36.4 Å². The van der Waals surface area contributed by atoms with E-state index < -0.39 is 12.1 Å². The molecule has 0 radical (unpaired) electrons. The summed E-state index contributed by atoms with van der Waals surface area (Å²) in [6.07, 6.45) is 0.949. The molecule has 3 N–H and O–H groups in total. The molecule has 42 heavy (non-hydrogen) atoms. The molecule has 2 aliphatic heterocycles. The second-order valence-electron chi connectivity index (χ2n) is 11.3. The fourth-order valence-corrected chi connectivity index (χ4v) is 5.61. The van der Waals surface area contributed by atoms with Gasteiger partial charge in [0.15, 0.2) is 0 Å². The number of nitrogens with one attached hydrogen (secondary N) is 3. The van der Waals surface area contributed by atoms with Crippen molar-refractivity contribution in [3.63, 3.8) is 0 Å². The molecule has 220 valence electrons. The van der Waals surface area contributed by atoms with E-state index in [0.29, 0.717) is 50.6 Å². The van der Waals surface area contributed by atoms with Gasteiger partial charge >= 0.3 is 0 Å². The van der Waals surface area contributed by atoms with Gasteiger partial charge in [0.2, 0.25) is 17.7 Å². The van der Waals surface area contributed by atoms with Gasteiger partial charge in [-0.2, -0.15) is 0 Å². The molecular weight excluding hydrogens is 550 g/mol. The number of carbonyl (C=O) groups excluding carboxylic acids is 3. The maximum atomic E-state index is 13.9. The highest BCUT2D eigenvalue weighted by Gasteiger charge is 2.32. The van der Waals surface area contributed by atoms with Crippen LogP contribution >= 0.6 is 11.6 Å². The Balaban J connectivity index is 1.27. The van der Waals surface area contributed by atoms with Gasteiger partial charge in [-0.1, -0.05) is 74.0 Å². The average Bonchev–Trinajstić information content (AvgIpc) is 3.01. The zero-order chi connectivity index (χ0) is 29.6. The molecule has 2 aliphatic rings. The van der Waals surface area contributed by atoms with E-state index in [1.165, 1.54) is 5.56 Å². The third-order valence-corrected chi connectivity index (χ3v) is 8.24. The molecule has 2 heterocycles. The van der Waals surface area contributed by atoms with E-state index in [-0.39, 0.29) is 23.6 Å². The Kier molecular flexibility index (Phi) is 9.45. The minimum Gasteiger partial charge on any atom is -0.366 e. The first-order valence-corrected chi connectivity index (χ1v) is 14.9. The molecular formula is C33H38ClN5O3. The van der Waals surface area contributed by atoms with E-state index in [1.807, 2.05) is 67.3 Å². The first-order chi connectivity index (χ1) is 20.3. The summed E-state index contributed by atoms with van der Waals surface area (Å²) in [7, 11) is 0. The highest BCUT2D eigenvalue weighted by Crippen LogP contribution is 2.27. The summed E-state index contributed by atoms with van der Waals surface area (Å²) in [6, 6.07) is 22.1. The fourth-order valence-electron chi connectivity index (χ4n) is 5.49. The second-order valence-corrected chi connectivity index (χ2v) is 11.7. The summed E-state index contributed by atoms with van der Waals surface area (Å²) in [5.74, 6) is -0.437. The van der Waals surface area contributed by atoms with Crippen LogP contribution in [0.5, 0.6) is 0 Å². The van der Waals surface area contributed by atoms with Crippen molar-refractivity contribution in [3.05, 3.63) is 94.5 Å². The second kappa shape index (κ2) is 13.4. The summed E-state index contributed by atoms with van der Waals surface area (Å²) >= 11 is 6.10. The van der Waals surface area contributed by atoms with Gasteiger partial charge in [0.05, 0.1) is 17.4 Å². The molecule has 0 aromatic heterocycles. The summed E-state index contributed by atoms with van der Waals surface area (Å²) in [5, 5.41) is 10.1. The molecule has 3 aromatic carbocycles. The van der Waals surface area contributed by atoms with Crippen molar-refractivity contribution < 1.29 is 14.4 Å². The van der Waals surface area contributed by atoms with Crippen LogP contribution in [0.25, 0.3) is 0 Å². The number of nitrogens with zero attached hydrogens (tertiary/aromatic N) is 2. The molecule has 0 saturated carbocycles. The Bertz CT molecular complexity index is 1420. The SMILES string of the molecule is CC(C)C(=O)Nc1ccccc1N1CCN(C(=O)C(Cc2ccc(Cl)cc2)NC(=O)C2Cc3ccccc3CN2)CC1. The Morgan fingerprint density at radius 2 is 1.57 bits per heavy atom. The van der Waals surface area contributed by atoms with Gasteiger partial charge in [0, 0.05) is 50.1 Å². The zero-order valence-electron chi connectivity index (χ0n) is 24.1. The van der Waals surface area contributed by atoms with Gasteiger partial charge in [-0.05, 0) is 47.4 Å². The Morgan fingerprint density at radius 3 is 2.29 bits per heavy atom. The summed E-state index contributed by atoms with van der Waals surface area (Å²) in [6.45, 7) is 6.59. The zero-order valence-corrected chi connectivity index (χ0v) is 24.9. The Morgan fingerprint density at radius 1 is 0.905 bits per heavy atom. The minimum atomic E-state index is -0.707. The quantitative estimate of drug-likeness (QED) is 0.370. The van der Waals surface area contributed by atoms with Gasteiger partial charge in [0.25, 0.3) is 0 Å². The van der Waals surface area contributed by atoms with Crippen molar-refractivity contribution >= 4 is 40.7 Å². The van der Waals surface area contributed by atoms with Gasteiger partial charge in [0.1, 0.15) is 6.04 Å². The topological polar surface area (TPSA) is 93.8 Å². The number of para-hydroxylation sites is 2. The van der Waals surface area contributed by atoms with Crippen molar-refractivity contribution in [2.24, 2.45) is 5.92 Å². The van der Waals surface area contributed by atoms with Crippen LogP contribution in [0, 0.1) is 5.92 Å². The lowest BCUT2D eigenvalue weighted by atomic mass is 9.95. The van der Waals surface area contributed by atoms with E-state index in [2.05, 4.69) is 33.0 Å². The number of amides is 3. The van der Waals surface area contributed by atoms with Crippen molar-refractivity contribution in [2.45, 2.75) is 45.3 Å². The van der Waals surface area contributed by atoms with Crippen LogP contribution in [0.3, 0.4) is 0 Å². The number of piperazine rings is 1. The van der Waals surface area contributed by atoms with E-state index >= 15 is 0 Å². The molecule has 5 rings (SSSR count). The first-order valence-electron chi connectivity index (χ1n) is 14.6. The molecule has 2 unspecified atom stereocenters. The molecule has 0 spiro atoms. The molecule has 9 heteroatoms. The van der Waals surface area contributed by atoms with E-state index in [0.717, 1.165) is 22.5 Å². The largest absolute Gasteiger partial charge is 0.366 e. The van der Waals surface area contributed by atoms with Crippen LogP contribution in [0.1, 0.15) is 30.5 Å². The smallest absolute Gasteiger partial charge is 0.245 e. The monoisotopic (exact) mass is 587 g/mol. The number of hydrogen-bond donors (Lipinski definition) is 3. The number of fused-ring (bicyclic) bond motifs is 1. The van der Waals surface area contributed by atoms with Crippen LogP contribution in [-0.2, 0) is 33.8 Å². The Labute approximate surface area is 252 Å². The predicted molar refractivity (Wildman–Crippen MR) is 167 cm³/mol. The molecule has 0 aliphatic carbocycles. The predicted octanol–water partition coefficient (Wildman–Crippen LogP) is 4.03. The number of carbonyl (C=O) groups is 3. The molecule has 3 amide bonds.